The number of hydrogen-bond acceptors (Lipinski definition) is 2. The number of rotatable bonds is 9. The second-order valence-electron chi connectivity index (χ2n) is 6.79. The molecule has 1 aromatic heterocycles. The molecule has 1 atom stereocenters. The summed E-state index contributed by atoms with van der Waals surface area (Å²) in [6.45, 7) is -1.30. The minimum Gasteiger partial charge on any atom is -0.435 e. The first-order chi connectivity index (χ1) is 13.5. The molecule has 0 radical (unpaired) electrons. The third kappa shape index (κ3) is 5.53. The number of aromatic nitrogens is 1. The Hall–Kier alpha value is -2.93. The van der Waals surface area contributed by atoms with Gasteiger partial charge in [0.25, 0.3) is 5.91 Å². The highest BCUT2D eigenvalue weighted by Gasteiger charge is 2.11. The first kappa shape index (κ1) is 19.8. The minimum absolute atomic E-state index is 0.0185. The van der Waals surface area contributed by atoms with Gasteiger partial charge >= 0.3 is 6.61 Å². The Morgan fingerprint density at radius 1 is 1.18 bits per heavy atom. The van der Waals surface area contributed by atoms with E-state index in [1.54, 1.807) is 12.1 Å². The van der Waals surface area contributed by atoms with Gasteiger partial charge in [-0.1, -0.05) is 18.2 Å². The van der Waals surface area contributed by atoms with Crippen molar-refractivity contribution in [2.24, 2.45) is 0 Å². The average Bonchev–Trinajstić information content (AvgIpc) is 3.06. The maximum Gasteiger partial charge on any atom is 0.387 e. The van der Waals surface area contributed by atoms with Gasteiger partial charge in [0.15, 0.2) is 6.54 Å². The smallest absolute Gasteiger partial charge is 0.387 e. The lowest BCUT2D eigenvalue weighted by Crippen LogP contribution is -3.08. The second kappa shape index (κ2) is 9.32. The number of ether oxygens (including phenoxy) is 1. The fourth-order valence-corrected chi connectivity index (χ4v) is 3.21. The maximum absolute atomic E-state index is 12.2. The molecule has 28 heavy (non-hydrogen) atoms. The molecule has 1 heterocycles. The van der Waals surface area contributed by atoms with Crippen LogP contribution in [-0.2, 0) is 17.8 Å². The summed E-state index contributed by atoms with van der Waals surface area (Å²) in [6.07, 6.45) is 2.75. The Bertz CT molecular complexity index is 909. The van der Waals surface area contributed by atoms with E-state index in [9.17, 15) is 13.6 Å². The van der Waals surface area contributed by atoms with E-state index in [1.807, 2.05) is 31.4 Å². The van der Waals surface area contributed by atoms with Gasteiger partial charge in [-0.25, -0.2) is 0 Å². The second-order valence-corrected chi connectivity index (χ2v) is 6.79. The summed E-state index contributed by atoms with van der Waals surface area (Å²) in [5, 5.41) is 4.14. The number of H-pyrrole nitrogens is 1. The monoisotopic (exact) mass is 388 g/mol. The van der Waals surface area contributed by atoms with Crippen molar-refractivity contribution in [1.29, 1.82) is 0 Å². The highest BCUT2D eigenvalue weighted by molar-refractivity contribution is 5.83. The molecule has 0 bridgehead atoms. The predicted octanol–water partition coefficient (Wildman–Crippen LogP) is 2.14. The molecule has 1 unspecified atom stereocenters. The van der Waals surface area contributed by atoms with E-state index in [2.05, 4.69) is 21.1 Å². The third-order valence-electron chi connectivity index (χ3n) is 4.51. The number of hydrogen-bond donors (Lipinski definition) is 3. The zero-order chi connectivity index (χ0) is 19.9. The molecule has 0 fully saturated rings. The van der Waals surface area contributed by atoms with Gasteiger partial charge in [-0.05, 0) is 42.3 Å². The standard InChI is InChI=1S/C21H23F2N3O2/c1-26(13-15-6-8-17(9-7-15)28-21(22)23)14-20(27)24-11-10-16-12-25-19-5-3-2-4-18(16)19/h2-9,12,21,25H,10-11,13-14H2,1H3,(H,24,27)/p+1. The van der Waals surface area contributed by atoms with Gasteiger partial charge in [-0.3, -0.25) is 4.79 Å². The number of para-hydroxylation sites is 1. The van der Waals surface area contributed by atoms with Crippen LogP contribution in [0.1, 0.15) is 11.1 Å². The predicted molar refractivity (Wildman–Crippen MR) is 104 cm³/mol. The molecule has 3 rings (SSSR count). The summed E-state index contributed by atoms with van der Waals surface area (Å²) in [7, 11) is 1.92. The highest BCUT2D eigenvalue weighted by Crippen LogP contribution is 2.17. The molecule has 2 aromatic carbocycles. The molecule has 1 amide bonds. The van der Waals surface area contributed by atoms with Crippen LogP contribution in [0.3, 0.4) is 0 Å². The molecule has 0 saturated carbocycles. The van der Waals surface area contributed by atoms with Gasteiger partial charge in [0.2, 0.25) is 0 Å². The number of carbonyl (C=O) groups excluding carboxylic acids is 1. The molecule has 0 aliphatic heterocycles. The Kier molecular flexibility index (Phi) is 6.60. The van der Waals surface area contributed by atoms with Crippen molar-refractivity contribution >= 4 is 16.8 Å². The molecular weight excluding hydrogens is 364 g/mol. The number of nitrogens with one attached hydrogen (secondary N) is 3. The number of likely N-dealkylation sites (N-methyl/N-ethyl adjacent to an activating group) is 1. The van der Waals surface area contributed by atoms with E-state index in [4.69, 9.17) is 0 Å². The summed E-state index contributed by atoms with van der Waals surface area (Å²) in [6, 6.07) is 14.6. The lowest BCUT2D eigenvalue weighted by Gasteiger charge is -2.14. The van der Waals surface area contributed by atoms with Crippen LogP contribution in [0.15, 0.2) is 54.7 Å². The molecule has 3 aromatic rings. The Morgan fingerprint density at radius 3 is 2.68 bits per heavy atom. The van der Waals surface area contributed by atoms with Crippen LogP contribution in [0.5, 0.6) is 5.75 Å². The number of benzene rings is 2. The molecule has 0 saturated heterocycles. The lowest BCUT2D eigenvalue weighted by atomic mass is 10.1. The summed E-state index contributed by atoms with van der Waals surface area (Å²) in [4.78, 5) is 16.4. The SMILES string of the molecule is C[NH+](CC(=O)NCCc1c[nH]c2ccccc12)Cc1ccc(OC(F)F)cc1. The molecular formula is C21H24F2N3O2+. The van der Waals surface area contributed by atoms with Gasteiger partial charge < -0.3 is 19.9 Å². The molecule has 7 heteroatoms. The molecule has 148 valence electrons. The van der Waals surface area contributed by atoms with Crippen molar-refractivity contribution in [3.8, 4) is 5.75 Å². The zero-order valence-electron chi connectivity index (χ0n) is 15.7. The molecule has 0 aliphatic carbocycles. The van der Waals surface area contributed by atoms with Gasteiger partial charge in [0.1, 0.15) is 12.3 Å². The first-order valence-electron chi connectivity index (χ1n) is 9.18. The van der Waals surface area contributed by atoms with Crippen LogP contribution in [0.2, 0.25) is 0 Å². The van der Waals surface area contributed by atoms with Crippen molar-refractivity contribution in [2.45, 2.75) is 19.6 Å². The first-order valence-corrected chi connectivity index (χ1v) is 9.18. The van der Waals surface area contributed by atoms with Gasteiger partial charge in [0.05, 0.1) is 7.05 Å². The number of quaternary nitrogens is 1. The molecule has 0 spiro atoms. The van der Waals surface area contributed by atoms with E-state index in [1.165, 1.54) is 23.1 Å². The Labute approximate surface area is 162 Å². The summed E-state index contributed by atoms with van der Waals surface area (Å²) in [5.74, 6) is 0.112. The molecule has 0 aliphatic rings. The van der Waals surface area contributed by atoms with Crippen molar-refractivity contribution in [2.75, 3.05) is 20.1 Å². The maximum atomic E-state index is 12.2. The number of halogens is 2. The number of fused-ring (bicyclic) bond motifs is 1. The number of amides is 1. The summed E-state index contributed by atoms with van der Waals surface area (Å²) >= 11 is 0. The van der Waals surface area contributed by atoms with Crippen LogP contribution in [0.4, 0.5) is 8.78 Å². The Morgan fingerprint density at radius 2 is 1.93 bits per heavy atom. The van der Waals surface area contributed by atoms with E-state index in [0.717, 1.165) is 22.4 Å². The fourth-order valence-electron chi connectivity index (χ4n) is 3.21. The summed E-state index contributed by atoms with van der Waals surface area (Å²) < 4.78 is 28.7. The van der Waals surface area contributed by atoms with Crippen LogP contribution in [0.25, 0.3) is 10.9 Å². The van der Waals surface area contributed by atoms with E-state index in [-0.39, 0.29) is 11.7 Å². The van der Waals surface area contributed by atoms with Gasteiger partial charge in [-0.2, -0.15) is 8.78 Å². The van der Waals surface area contributed by atoms with Crippen LogP contribution in [-0.4, -0.2) is 37.6 Å². The Balaban J connectivity index is 1.41. The zero-order valence-corrected chi connectivity index (χ0v) is 15.7. The van der Waals surface area contributed by atoms with Crippen molar-refractivity contribution < 1.29 is 23.2 Å². The van der Waals surface area contributed by atoms with Crippen LogP contribution in [0, 0.1) is 0 Å². The van der Waals surface area contributed by atoms with Crippen LogP contribution < -0.4 is 15.0 Å². The third-order valence-corrected chi connectivity index (χ3v) is 4.51. The fraction of sp³-hybridized carbons (Fsp3) is 0.286. The molecule has 3 N–H and O–H groups in total. The lowest BCUT2D eigenvalue weighted by molar-refractivity contribution is -0.885. The van der Waals surface area contributed by atoms with Crippen molar-refractivity contribution in [1.82, 2.24) is 10.3 Å². The quantitative estimate of drug-likeness (QED) is 0.526. The van der Waals surface area contributed by atoms with Crippen LogP contribution >= 0.6 is 0 Å². The topological polar surface area (TPSA) is 58.6 Å². The number of alkyl halides is 2. The van der Waals surface area contributed by atoms with E-state index >= 15 is 0 Å². The average molecular weight is 388 g/mol. The number of aromatic amines is 1. The van der Waals surface area contributed by atoms with Gasteiger partial charge in [0, 0.05) is 29.2 Å². The molecule has 5 nitrogen and oxygen atoms in total. The normalized spacial score (nSPS) is 12.3. The summed E-state index contributed by atoms with van der Waals surface area (Å²) in [5.41, 5.74) is 3.23. The number of carbonyl (C=O) groups is 1. The largest absolute Gasteiger partial charge is 0.435 e. The van der Waals surface area contributed by atoms with Crippen molar-refractivity contribution in [3.05, 3.63) is 65.9 Å². The van der Waals surface area contributed by atoms with E-state index < -0.39 is 6.61 Å². The van der Waals surface area contributed by atoms with E-state index in [0.29, 0.717) is 19.6 Å². The van der Waals surface area contributed by atoms with Gasteiger partial charge in [-0.15, -0.1) is 0 Å². The van der Waals surface area contributed by atoms with Crippen molar-refractivity contribution in [3.63, 3.8) is 0 Å². The minimum atomic E-state index is -2.83. The highest BCUT2D eigenvalue weighted by atomic mass is 19.3.